The fraction of sp³-hybridized carbons (Fsp3) is 0.647. The molecular weight excluding hydrogens is 246 g/mol. The Morgan fingerprint density at radius 3 is 2.50 bits per heavy atom. The largest absolute Gasteiger partial charge is 0.323 e. The van der Waals surface area contributed by atoms with E-state index in [0.717, 1.165) is 12.3 Å². The van der Waals surface area contributed by atoms with Crippen LogP contribution in [0.25, 0.3) is 0 Å². The molecule has 0 bridgehead atoms. The van der Waals surface area contributed by atoms with Crippen LogP contribution >= 0.6 is 0 Å². The molecule has 0 aromatic heterocycles. The quantitative estimate of drug-likeness (QED) is 0.907. The summed E-state index contributed by atoms with van der Waals surface area (Å²) in [6, 6.07) is 9.45. The minimum absolute atomic E-state index is 0.209. The molecule has 1 saturated carbocycles. The van der Waals surface area contributed by atoms with Crippen LogP contribution in [0.15, 0.2) is 24.3 Å². The number of benzene rings is 1. The number of nitrogens with zero attached hydrogens (tertiary/aromatic N) is 2. The van der Waals surface area contributed by atoms with Crippen molar-refractivity contribution in [2.75, 3.05) is 32.7 Å². The van der Waals surface area contributed by atoms with E-state index in [4.69, 9.17) is 5.73 Å². The van der Waals surface area contributed by atoms with E-state index in [0.29, 0.717) is 6.04 Å². The van der Waals surface area contributed by atoms with Crippen molar-refractivity contribution >= 4 is 0 Å². The highest BCUT2D eigenvalue weighted by Gasteiger charge is 2.35. The molecule has 3 aliphatic rings. The minimum atomic E-state index is 0.209. The first-order valence-electron chi connectivity index (χ1n) is 8.11. The van der Waals surface area contributed by atoms with Gasteiger partial charge in [-0.15, -0.1) is 0 Å². The van der Waals surface area contributed by atoms with Gasteiger partial charge in [0.2, 0.25) is 0 Å². The molecule has 2 N–H and O–H groups in total. The molecule has 0 amide bonds. The topological polar surface area (TPSA) is 32.5 Å². The molecule has 2 unspecified atom stereocenters. The van der Waals surface area contributed by atoms with Gasteiger partial charge in [0.1, 0.15) is 0 Å². The minimum Gasteiger partial charge on any atom is -0.323 e. The van der Waals surface area contributed by atoms with Crippen LogP contribution in [0.1, 0.15) is 30.0 Å². The van der Waals surface area contributed by atoms with E-state index >= 15 is 0 Å². The molecule has 1 saturated heterocycles. The normalized spacial score (nSPS) is 31.4. The smallest absolute Gasteiger partial charge is 0.0459 e. The Bertz CT molecular complexity index is 475. The molecule has 2 aliphatic carbocycles. The monoisotopic (exact) mass is 271 g/mol. The summed E-state index contributed by atoms with van der Waals surface area (Å²) in [5, 5.41) is 0. The Hall–Kier alpha value is -0.900. The lowest BCUT2D eigenvalue weighted by atomic mass is 10.1. The van der Waals surface area contributed by atoms with Crippen molar-refractivity contribution in [1.82, 2.24) is 9.80 Å². The van der Waals surface area contributed by atoms with Gasteiger partial charge >= 0.3 is 0 Å². The standard InChI is InChI=1S/C17H25N3/c18-17-15-4-2-1-3-14(15)11-16(17)20-9-7-19(8-10-20)12-13-5-6-13/h1-4,13,16-17H,5-12,18H2. The summed E-state index contributed by atoms with van der Waals surface area (Å²) < 4.78 is 0. The predicted molar refractivity (Wildman–Crippen MR) is 81.6 cm³/mol. The van der Waals surface area contributed by atoms with Gasteiger partial charge in [0.15, 0.2) is 0 Å². The molecule has 1 aliphatic heterocycles. The average Bonchev–Trinajstić information content (AvgIpc) is 3.23. The summed E-state index contributed by atoms with van der Waals surface area (Å²) in [6.07, 6.45) is 4.06. The van der Waals surface area contributed by atoms with Gasteiger partial charge in [-0.05, 0) is 36.3 Å². The fourth-order valence-corrected chi connectivity index (χ4v) is 3.90. The van der Waals surface area contributed by atoms with Crippen LogP contribution in [0.3, 0.4) is 0 Å². The van der Waals surface area contributed by atoms with E-state index in [1.165, 1.54) is 56.7 Å². The van der Waals surface area contributed by atoms with Gasteiger partial charge < -0.3 is 10.6 Å². The third-order valence-electron chi connectivity index (χ3n) is 5.35. The van der Waals surface area contributed by atoms with Gasteiger partial charge in [-0.2, -0.15) is 0 Å². The van der Waals surface area contributed by atoms with Crippen molar-refractivity contribution in [2.24, 2.45) is 11.7 Å². The molecule has 3 nitrogen and oxygen atoms in total. The second-order valence-electron chi connectivity index (χ2n) is 6.78. The maximum absolute atomic E-state index is 6.49. The van der Waals surface area contributed by atoms with E-state index in [-0.39, 0.29) is 6.04 Å². The van der Waals surface area contributed by atoms with Crippen molar-refractivity contribution in [1.29, 1.82) is 0 Å². The molecule has 1 aromatic carbocycles. The fourth-order valence-electron chi connectivity index (χ4n) is 3.90. The zero-order valence-electron chi connectivity index (χ0n) is 12.2. The van der Waals surface area contributed by atoms with Crippen LogP contribution in [-0.4, -0.2) is 48.6 Å². The van der Waals surface area contributed by atoms with Crippen LogP contribution in [0.4, 0.5) is 0 Å². The summed E-state index contributed by atoms with van der Waals surface area (Å²) in [6.45, 7) is 6.19. The SMILES string of the molecule is NC1c2ccccc2CC1N1CCN(CC2CC2)CC1. The Morgan fingerprint density at radius 2 is 1.80 bits per heavy atom. The molecule has 2 atom stereocenters. The lowest BCUT2D eigenvalue weighted by Gasteiger charge is -2.39. The molecular formula is C17H25N3. The highest BCUT2D eigenvalue weighted by molar-refractivity contribution is 5.36. The molecule has 0 spiro atoms. The Morgan fingerprint density at radius 1 is 1.05 bits per heavy atom. The van der Waals surface area contributed by atoms with Crippen molar-refractivity contribution < 1.29 is 0 Å². The number of piperazine rings is 1. The Balaban J connectivity index is 1.38. The molecule has 1 aromatic rings. The van der Waals surface area contributed by atoms with Crippen LogP contribution in [0, 0.1) is 5.92 Å². The predicted octanol–water partition coefficient (Wildman–Crippen LogP) is 1.64. The second kappa shape index (κ2) is 5.14. The van der Waals surface area contributed by atoms with Crippen LogP contribution in [-0.2, 0) is 6.42 Å². The van der Waals surface area contributed by atoms with Crippen molar-refractivity contribution in [3.05, 3.63) is 35.4 Å². The second-order valence-corrected chi connectivity index (χ2v) is 6.78. The van der Waals surface area contributed by atoms with Crippen molar-refractivity contribution in [2.45, 2.75) is 31.3 Å². The van der Waals surface area contributed by atoms with Gasteiger partial charge in [-0.3, -0.25) is 4.90 Å². The van der Waals surface area contributed by atoms with E-state index in [9.17, 15) is 0 Å². The number of fused-ring (bicyclic) bond motifs is 1. The maximum atomic E-state index is 6.49. The summed E-state index contributed by atoms with van der Waals surface area (Å²) >= 11 is 0. The van der Waals surface area contributed by atoms with Crippen LogP contribution < -0.4 is 5.73 Å². The zero-order chi connectivity index (χ0) is 13.5. The van der Waals surface area contributed by atoms with Crippen LogP contribution in [0.2, 0.25) is 0 Å². The Labute approximate surface area is 121 Å². The number of hydrogen-bond donors (Lipinski definition) is 1. The van der Waals surface area contributed by atoms with Crippen molar-refractivity contribution in [3.8, 4) is 0 Å². The third-order valence-corrected chi connectivity index (χ3v) is 5.35. The molecule has 0 radical (unpaired) electrons. The molecule has 4 rings (SSSR count). The summed E-state index contributed by atoms with van der Waals surface area (Å²) in [7, 11) is 0. The van der Waals surface area contributed by atoms with E-state index in [1.54, 1.807) is 0 Å². The zero-order valence-corrected chi connectivity index (χ0v) is 12.2. The lowest BCUT2D eigenvalue weighted by molar-refractivity contribution is 0.0868. The van der Waals surface area contributed by atoms with Crippen molar-refractivity contribution in [3.63, 3.8) is 0 Å². The van der Waals surface area contributed by atoms with E-state index < -0.39 is 0 Å². The molecule has 108 valence electrons. The maximum Gasteiger partial charge on any atom is 0.0459 e. The lowest BCUT2D eigenvalue weighted by Crippen LogP contribution is -2.52. The van der Waals surface area contributed by atoms with Gasteiger partial charge in [-0.25, -0.2) is 0 Å². The van der Waals surface area contributed by atoms with Gasteiger partial charge in [0, 0.05) is 44.8 Å². The number of rotatable bonds is 3. The summed E-state index contributed by atoms with van der Waals surface area (Å²) in [5.41, 5.74) is 9.33. The summed E-state index contributed by atoms with van der Waals surface area (Å²) in [5.74, 6) is 1.01. The molecule has 20 heavy (non-hydrogen) atoms. The van der Waals surface area contributed by atoms with Gasteiger partial charge in [-0.1, -0.05) is 24.3 Å². The molecule has 2 fully saturated rings. The van der Waals surface area contributed by atoms with E-state index in [2.05, 4.69) is 34.1 Å². The summed E-state index contributed by atoms with van der Waals surface area (Å²) in [4.78, 5) is 5.29. The van der Waals surface area contributed by atoms with Crippen LogP contribution in [0.5, 0.6) is 0 Å². The number of nitrogens with two attached hydrogens (primary N) is 1. The molecule has 1 heterocycles. The third kappa shape index (κ3) is 2.39. The average molecular weight is 271 g/mol. The van der Waals surface area contributed by atoms with Gasteiger partial charge in [0.05, 0.1) is 0 Å². The van der Waals surface area contributed by atoms with Gasteiger partial charge in [0.25, 0.3) is 0 Å². The highest BCUT2D eigenvalue weighted by atomic mass is 15.3. The number of hydrogen-bond acceptors (Lipinski definition) is 3. The first kappa shape index (κ1) is 12.8. The Kier molecular flexibility index (Phi) is 3.29. The highest BCUT2D eigenvalue weighted by Crippen LogP contribution is 2.34. The first-order valence-corrected chi connectivity index (χ1v) is 8.11. The molecule has 3 heteroatoms. The van der Waals surface area contributed by atoms with E-state index in [1.807, 2.05) is 0 Å². The first-order chi connectivity index (χ1) is 9.81.